The molecule has 1 heterocycles. The van der Waals surface area contributed by atoms with Gasteiger partial charge in [0.2, 0.25) is 0 Å². The summed E-state index contributed by atoms with van der Waals surface area (Å²) >= 11 is 0. The van der Waals surface area contributed by atoms with Crippen LogP contribution in [-0.4, -0.2) is 36.8 Å². The second kappa shape index (κ2) is 7.29. The van der Waals surface area contributed by atoms with Gasteiger partial charge in [-0.25, -0.2) is 0 Å². The van der Waals surface area contributed by atoms with Crippen LogP contribution in [0.15, 0.2) is 24.3 Å². The molecule has 1 saturated heterocycles. The predicted octanol–water partition coefficient (Wildman–Crippen LogP) is 2.28. The van der Waals surface area contributed by atoms with Crippen molar-refractivity contribution in [2.75, 3.05) is 24.5 Å². The van der Waals surface area contributed by atoms with E-state index in [-0.39, 0.29) is 6.42 Å². The van der Waals surface area contributed by atoms with Crippen molar-refractivity contribution in [1.29, 1.82) is 0 Å². The van der Waals surface area contributed by atoms with Gasteiger partial charge in [-0.15, -0.1) is 0 Å². The molecule has 20 heavy (non-hydrogen) atoms. The van der Waals surface area contributed by atoms with E-state index in [9.17, 15) is 4.79 Å². The summed E-state index contributed by atoms with van der Waals surface area (Å²) in [6.45, 7) is 4.86. The van der Waals surface area contributed by atoms with Crippen LogP contribution in [-0.2, 0) is 11.2 Å². The van der Waals surface area contributed by atoms with Crippen LogP contribution in [0.2, 0.25) is 0 Å². The Morgan fingerprint density at radius 2 is 2.05 bits per heavy atom. The highest BCUT2D eigenvalue weighted by Gasteiger charge is 2.20. The number of piperidine rings is 1. The first kappa shape index (κ1) is 14.9. The molecular formula is C16H24N2O2. The zero-order chi connectivity index (χ0) is 14.4. The van der Waals surface area contributed by atoms with Gasteiger partial charge in [0, 0.05) is 31.4 Å². The highest BCUT2D eigenvalue weighted by Crippen LogP contribution is 2.24. The average molecular weight is 276 g/mol. The number of aliphatic carboxylic acids is 1. The van der Waals surface area contributed by atoms with Gasteiger partial charge in [-0.1, -0.05) is 25.1 Å². The highest BCUT2D eigenvalue weighted by molar-refractivity contribution is 5.66. The SMILES string of the molecule is CCc1ccccc1N1CCC(NCCC(=O)O)CC1. The lowest BCUT2D eigenvalue weighted by molar-refractivity contribution is -0.136. The number of hydrogen-bond donors (Lipinski definition) is 2. The number of nitrogens with zero attached hydrogens (tertiary/aromatic N) is 1. The van der Waals surface area contributed by atoms with Gasteiger partial charge in [0.1, 0.15) is 0 Å². The molecule has 0 saturated carbocycles. The van der Waals surface area contributed by atoms with Crippen molar-refractivity contribution in [3.05, 3.63) is 29.8 Å². The van der Waals surface area contributed by atoms with Crippen molar-refractivity contribution in [2.24, 2.45) is 0 Å². The molecule has 1 aromatic carbocycles. The van der Waals surface area contributed by atoms with Crippen molar-refractivity contribution in [2.45, 2.75) is 38.6 Å². The molecule has 110 valence electrons. The molecule has 2 rings (SSSR count). The summed E-state index contributed by atoms with van der Waals surface area (Å²) in [6.07, 6.45) is 3.43. The van der Waals surface area contributed by atoms with Crippen LogP contribution >= 0.6 is 0 Å². The van der Waals surface area contributed by atoms with Crippen LogP contribution in [0.1, 0.15) is 31.7 Å². The first-order chi connectivity index (χ1) is 9.70. The number of aryl methyl sites for hydroxylation is 1. The number of carbonyl (C=O) groups is 1. The summed E-state index contributed by atoms with van der Waals surface area (Å²) in [5, 5.41) is 12.0. The average Bonchev–Trinajstić information content (AvgIpc) is 2.47. The first-order valence-corrected chi connectivity index (χ1v) is 7.48. The van der Waals surface area contributed by atoms with Crippen LogP contribution in [0.25, 0.3) is 0 Å². The lowest BCUT2D eigenvalue weighted by Gasteiger charge is -2.35. The predicted molar refractivity (Wildman–Crippen MR) is 81.3 cm³/mol. The number of carboxylic acids is 1. The molecule has 0 unspecified atom stereocenters. The Labute approximate surface area is 120 Å². The molecule has 0 aromatic heterocycles. The molecule has 4 heteroatoms. The van der Waals surface area contributed by atoms with Crippen molar-refractivity contribution >= 4 is 11.7 Å². The van der Waals surface area contributed by atoms with E-state index in [1.54, 1.807) is 0 Å². The molecule has 0 radical (unpaired) electrons. The number of carboxylic acid groups (broad SMARTS) is 1. The third-order valence-electron chi connectivity index (χ3n) is 3.98. The monoisotopic (exact) mass is 276 g/mol. The van der Waals surface area contributed by atoms with E-state index in [4.69, 9.17) is 5.11 Å². The Morgan fingerprint density at radius 3 is 2.70 bits per heavy atom. The van der Waals surface area contributed by atoms with Gasteiger partial charge in [0.15, 0.2) is 0 Å². The van der Waals surface area contributed by atoms with E-state index >= 15 is 0 Å². The molecule has 0 atom stereocenters. The molecule has 0 spiro atoms. The van der Waals surface area contributed by atoms with Crippen molar-refractivity contribution < 1.29 is 9.90 Å². The molecule has 1 aliphatic rings. The molecule has 1 aromatic rings. The molecule has 4 nitrogen and oxygen atoms in total. The van der Waals surface area contributed by atoms with Gasteiger partial charge in [-0.2, -0.15) is 0 Å². The number of anilines is 1. The van der Waals surface area contributed by atoms with Gasteiger partial charge in [-0.3, -0.25) is 4.79 Å². The Bertz CT molecular complexity index is 440. The summed E-state index contributed by atoms with van der Waals surface area (Å²) in [4.78, 5) is 13.0. The van der Waals surface area contributed by atoms with Gasteiger partial charge in [-0.05, 0) is 30.9 Å². The van der Waals surface area contributed by atoms with Gasteiger partial charge in [0.05, 0.1) is 6.42 Å². The van der Waals surface area contributed by atoms with Gasteiger partial charge in [0.25, 0.3) is 0 Å². The second-order valence-electron chi connectivity index (χ2n) is 5.34. The van der Waals surface area contributed by atoms with E-state index in [2.05, 4.69) is 41.4 Å². The summed E-state index contributed by atoms with van der Waals surface area (Å²) in [6, 6.07) is 9.07. The van der Waals surface area contributed by atoms with Crippen LogP contribution < -0.4 is 10.2 Å². The standard InChI is InChI=1S/C16H24N2O2/c1-2-13-5-3-4-6-15(13)18-11-8-14(9-12-18)17-10-7-16(19)20/h3-6,14,17H,2,7-12H2,1H3,(H,19,20). The summed E-state index contributed by atoms with van der Waals surface area (Å²) < 4.78 is 0. The molecule has 0 amide bonds. The minimum absolute atomic E-state index is 0.207. The van der Waals surface area contributed by atoms with Crippen molar-refractivity contribution in [3.8, 4) is 0 Å². The number of benzene rings is 1. The Morgan fingerprint density at radius 1 is 1.35 bits per heavy atom. The van der Waals surface area contributed by atoms with Crippen LogP contribution in [0, 0.1) is 0 Å². The highest BCUT2D eigenvalue weighted by atomic mass is 16.4. The lowest BCUT2D eigenvalue weighted by atomic mass is 10.0. The Hall–Kier alpha value is -1.55. The Balaban J connectivity index is 1.83. The van der Waals surface area contributed by atoms with E-state index in [0.717, 1.165) is 32.4 Å². The van der Waals surface area contributed by atoms with Crippen LogP contribution in [0.4, 0.5) is 5.69 Å². The van der Waals surface area contributed by atoms with E-state index in [1.807, 2.05) is 0 Å². The minimum atomic E-state index is -0.730. The molecule has 0 aliphatic carbocycles. The molecule has 2 N–H and O–H groups in total. The Kier molecular flexibility index (Phi) is 5.41. The normalized spacial score (nSPS) is 16.4. The fraction of sp³-hybridized carbons (Fsp3) is 0.562. The molecule has 1 fully saturated rings. The van der Waals surface area contributed by atoms with E-state index < -0.39 is 5.97 Å². The third-order valence-corrected chi connectivity index (χ3v) is 3.98. The van der Waals surface area contributed by atoms with Crippen LogP contribution in [0.3, 0.4) is 0 Å². The van der Waals surface area contributed by atoms with E-state index in [0.29, 0.717) is 12.6 Å². The quantitative estimate of drug-likeness (QED) is 0.837. The van der Waals surface area contributed by atoms with Crippen LogP contribution in [0.5, 0.6) is 0 Å². The number of hydrogen-bond acceptors (Lipinski definition) is 3. The van der Waals surface area contributed by atoms with Gasteiger partial charge < -0.3 is 15.3 Å². The molecule has 1 aliphatic heterocycles. The first-order valence-electron chi connectivity index (χ1n) is 7.48. The van der Waals surface area contributed by atoms with Crippen molar-refractivity contribution in [3.63, 3.8) is 0 Å². The number of para-hydroxylation sites is 1. The van der Waals surface area contributed by atoms with Crippen molar-refractivity contribution in [1.82, 2.24) is 5.32 Å². The molecule has 0 bridgehead atoms. The second-order valence-corrected chi connectivity index (χ2v) is 5.34. The largest absolute Gasteiger partial charge is 0.481 e. The minimum Gasteiger partial charge on any atom is -0.481 e. The summed E-state index contributed by atoms with van der Waals surface area (Å²) in [5.74, 6) is -0.730. The van der Waals surface area contributed by atoms with E-state index in [1.165, 1.54) is 11.3 Å². The summed E-state index contributed by atoms with van der Waals surface area (Å²) in [5.41, 5.74) is 2.77. The molecular weight excluding hydrogens is 252 g/mol. The maximum Gasteiger partial charge on any atom is 0.304 e. The smallest absolute Gasteiger partial charge is 0.304 e. The fourth-order valence-corrected chi connectivity index (χ4v) is 2.83. The number of rotatable bonds is 6. The zero-order valence-corrected chi connectivity index (χ0v) is 12.1. The van der Waals surface area contributed by atoms with Gasteiger partial charge >= 0.3 is 5.97 Å². The topological polar surface area (TPSA) is 52.6 Å². The maximum atomic E-state index is 10.5. The third kappa shape index (κ3) is 3.97. The lowest BCUT2D eigenvalue weighted by Crippen LogP contribution is -2.43. The maximum absolute atomic E-state index is 10.5. The zero-order valence-electron chi connectivity index (χ0n) is 12.1. The number of nitrogens with one attached hydrogen (secondary N) is 1. The summed E-state index contributed by atoms with van der Waals surface area (Å²) in [7, 11) is 0. The fourth-order valence-electron chi connectivity index (χ4n) is 2.83.